The van der Waals surface area contributed by atoms with E-state index in [0.717, 1.165) is 0 Å². The molecule has 0 rings (SSSR count). The van der Waals surface area contributed by atoms with E-state index in [0.29, 0.717) is 39.4 Å². The van der Waals surface area contributed by atoms with Crippen molar-refractivity contribution in [2.75, 3.05) is 0 Å². The molecule has 0 fully saturated rings. The van der Waals surface area contributed by atoms with Crippen molar-refractivity contribution in [1.29, 1.82) is 0 Å². The summed E-state index contributed by atoms with van der Waals surface area (Å²) in [7, 11) is 0. The second kappa shape index (κ2) is 5.56. The zero-order chi connectivity index (χ0) is 10.6. The summed E-state index contributed by atoms with van der Waals surface area (Å²) in [6, 6.07) is 0. The van der Waals surface area contributed by atoms with Gasteiger partial charge in [-0.15, -0.1) is 0 Å². The van der Waals surface area contributed by atoms with Gasteiger partial charge < -0.3 is 0 Å². The van der Waals surface area contributed by atoms with Gasteiger partial charge in [0.1, 0.15) is 0 Å². The Kier molecular flexibility index (Phi) is 5.86. The molecule has 0 saturated heterocycles. The van der Waals surface area contributed by atoms with Crippen molar-refractivity contribution in [3.05, 3.63) is 0 Å². The van der Waals surface area contributed by atoms with E-state index in [4.69, 9.17) is 0 Å². The van der Waals surface area contributed by atoms with Crippen LogP contribution >= 0.6 is 0 Å². The van der Waals surface area contributed by atoms with Gasteiger partial charge in [0, 0.05) is 0 Å². The third kappa shape index (κ3) is 3.40. The van der Waals surface area contributed by atoms with Gasteiger partial charge in [-0.1, -0.05) is 0 Å². The van der Waals surface area contributed by atoms with Crippen LogP contribution in [-0.4, -0.2) is 35.7 Å². The number of carbonyl (C=O) groups is 1. The van der Waals surface area contributed by atoms with E-state index in [2.05, 4.69) is 25.5 Å². The first kappa shape index (κ1) is 13.7. The van der Waals surface area contributed by atoms with E-state index in [1.807, 2.05) is 13.8 Å². The zero-order valence-corrected chi connectivity index (χ0v) is 12.8. The van der Waals surface area contributed by atoms with E-state index >= 15 is 0 Å². The topological polar surface area (TPSA) is 17.1 Å². The van der Waals surface area contributed by atoms with Gasteiger partial charge in [-0.2, -0.15) is 0 Å². The summed E-state index contributed by atoms with van der Waals surface area (Å²) in [5.74, 6) is 5.11. The SMILES string of the molecule is C[Se]C([Se]C)C(C)(C)C(=O)C(C)C. The zero-order valence-electron chi connectivity index (χ0n) is 9.38. The number of hydrogen-bond acceptors (Lipinski definition) is 1. The van der Waals surface area contributed by atoms with E-state index < -0.39 is 0 Å². The Balaban J connectivity index is 4.61. The fraction of sp³-hybridized carbons (Fsp3) is 0.900. The third-order valence-electron chi connectivity index (χ3n) is 2.18. The second-order valence-corrected chi connectivity index (χ2v) is 9.51. The van der Waals surface area contributed by atoms with Crippen LogP contribution in [0, 0.1) is 11.3 Å². The van der Waals surface area contributed by atoms with E-state index in [9.17, 15) is 4.79 Å². The predicted octanol–water partition coefficient (Wildman–Crippen LogP) is 2.49. The number of rotatable bonds is 5. The molecule has 0 heterocycles. The van der Waals surface area contributed by atoms with Gasteiger partial charge in [0.15, 0.2) is 0 Å². The van der Waals surface area contributed by atoms with Gasteiger partial charge in [0.2, 0.25) is 0 Å². The molecule has 0 atom stereocenters. The first-order chi connectivity index (χ1) is 5.87. The molecule has 0 aromatic rings. The summed E-state index contributed by atoms with van der Waals surface area (Å²) in [6.45, 7) is 8.26. The van der Waals surface area contributed by atoms with Crippen molar-refractivity contribution >= 4 is 35.7 Å². The first-order valence-corrected chi connectivity index (χ1v) is 9.88. The molecule has 3 heteroatoms. The Morgan fingerprint density at radius 2 is 1.54 bits per heavy atom. The summed E-state index contributed by atoms with van der Waals surface area (Å²) >= 11 is 1.20. The Morgan fingerprint density at radius 1 is 1.15 bits per heavy atom. The van der Waals surface area contributed by atoms with Crippen LogP contribution in [0.1, 0.15) is 27.7 Å². The van der Waals surface area contributed by atoms with Crippen LogP contribution in [0.25, 0.3) is 0 Å². The standard InChI is InChI=1S/C10H20OSe2/c1-7(2)8(11)10(3,4)9(12-5)13-6/h7,9H,1-6H3. The molecule has 0 aliphatic carbocycles. The molecule has 0 unspecified atom stereocenters. The first-order valence-electron chi connectivity index (χ1n) is 4.47. The van der Waals surface area contributed by atoms with Crippen LogP contribution in [0.2, 0.25) is 15.4 Å². The quantitative estimate of drug-likeness (QED) is 0.713. The molecule has 0 aliphatic heterocycles. The predicted molar refractivity (Wildman–Crippen MR) is 60.6 cm³/mol. The summed E-state index contributed by atoms with van der Waals surface area (Å²) in [6.07, 6.45) is 0. The van der Waals surface area contributed by atoms with Crippen LogP contribution < -0.4 is 0 Å². The van der Waals surface area contributed by atoms with E-state index in [-0.39, 0.29) is 11.3 Å². The molecule has 0 saturated carbocycles. The molecule has 0 aliphatic rings. The van der Waals surface area contributed by atoms with Crippen LogP contribution in [0.4, 0.5) is 0 Å². The number of hydrogen-bond donors (Lipinski definition) is 0. The molecular formula is C10H20OSe2. The molecule has 13 heavy (non-hydrogen) atoms. The molecule has 0 spiro atoms. The monoisotopic (exact) mass is 316 g/mol. The average molecular weight is 314 g/mol. The van der Waals surface area contributed by atoms with Crippen molar-refractivity contribution in [2.24, 2.45) is 11.3 Å². The minimum atomic E-state index is -0.0856. The molecule has 0 aromatic heterocycles. The third-order valence-corrected chi connectivity index (χ3v) is 10.6. The van der Waals surface area contributed by atoms with Crippen LogP contribution in [0.3, 0.4) is 0 Å². The van der Waals surface area contributed by atoms with Crippen LogP contribution in [0.15, 0.2) is 0 Å². The summed E-state index contributed by atoms with van der Waals surface area (Å²) in [5, 5.41) is 0. The molecule has 0 N–H and O–H groups in total. The van der Waals surface area contributed by atoms with Gasteiger partial charge in [-0.05, 0) is 0 Å². The van der Waals surface area contributed by atoms with Gasteiger partial charge in [-0.3, -0.25) is 0 Å². The van der Waals surface area contributed by atoms with Crippen molar-refractivity contribution in [1.82, 2.24) is 0 Å². The van der Waals surface area contributed by atoms with Gasteiger partial charge >= 0.3 is 94.9 Å². The average Bonchev–Trinajstić information content (AvgIpc) is 2.04. The normalized spacial score (nSPS) is 12.6. The van der Waals surface area contributed by atoms with E-state index in [1.165, 1.54) is 0 Å². The molecule has 0 amide bonds. The van der Waals surface area contributed by atoms with Gasteiger partial charge in [0.25, 0.3) is 0 Å². The van der Waals surface area contributed by atoms with Crippen molar-refractivity contribution in [3.63, 3.8) is 0 Å². The number of ketones is 1. The molecular weight excluding hydrogens is 294 g/mol. The number of carbonyl (C=O) groups excluding carboxylic acids is 1. The Morgan fingerprint density at radius 3 is 1.77 bits per heavy atom. The summed E-state index contributed by atoms with van der Waals surface area (Å²) in [5.41, 5.74) is -0.0856. The molecule has 0 radical (unpaired) electrons. The van der Waals surface area contributed by atoms with Crippen LogP contribution in [-0.2, 0) is 4.79 Å². The fourth-order valence-corrected chi connectivity index (χ4v) is 7.01. The Hall–Kier alpha value is 0.709. The molecule has 78 valence electrons. The fourth-order valence-electron chi connectivity index (χ4n) is 1.55. The second-order valence-electron chi connectivity index (χ2n) is 4.04. The maximum absolute atomic E-state index is 11.9. The van der Waals surface area contributed by atoms with E-state index in [1.54, 1.807) is 0 Å². The Labute approximate surface area is 94.7 Å². The Bertz CT molecular complexity index is 172. The summed E-state index contributed by atoms with van der Waals surface area (Å²) < 4.78 is 0.655. The summed E-state index contributed by atoms with van der Waals surface area (Å²) in [4.78, 5) is 11.9. The van der Waals surface area contributed by atoms with Crippen molar-refractivity contribution in [2.45, 2.75) is 43.1 Å². The minimum absolute atomic E-state index is 0.0856. The van der Waals surface area contributed by atoms with Crippen LogP contribution in [0.5, 0.6) is 0 Å². The molecule has 1 nitrogen and oxygen atoms in total. The van der Waals surface area contributed by atoms with Gasteiger partial charge in [0.05, 0.1) is 0 Å². The number of Topliss-reactive ketones (excluding diaryl/α,β-unsaturated/α-hetero) is 1. The maximum atomic E-state index is 11.9. The van der Waals surface area contributed by atoms with Crippen molar-refractivity contribution in [3.8, 4) is 0 Å². The van der Waals surface area contributed by atoms with Crippen molar-refractivity contribution < 1.29 is 4.79 Å². The molecule has 0 bridgehead atoms. The van der Waals surface area contributed by atoms with Gasteiger partial charge in [-0.25, -0.2) is 0 Å². The molecule has 0 aromatic carbocycles.